The predicted molar refractivity (Wildman–Crippen MR) is 73.6 cm³/mol. The highest BCUT2D eigenvalue weighted by atomic mass is 35.5. The van der Waals surface area contributed by atoms with Crippen molar-refractivity contribution in [3.05, 3.63) is 34.9 Å². The van der Waals surface area contributed by atoms with Gasteiger partial charge < -0.3 is 0 Å². The monoisotopic (exact) mass is 252 g/mol. The third-order valence-corrected chi connectivity index (χ3v) is 3.32. The van der Waals surface area contributed by atoms with Crippen molar-refractivity contribution in [3.63, 3.8) is 0 Å². The Balaban J connectivity index is 2.89. The smallest absolute Gasteiger partial charge is 0.139 e. The molecule has 94 valence electrons. The summed E-state index contributed by atoms with van der Waals surface area (Å²) < 4.78 is 0. The molecule has 0 spiro atoms. The highest BCUT2D eigenvalue weighted by Gasteiger charge is 2.30. The van der Waals surface area contributed by atoms with Crippen LogP contribution >= 0.6 is 11.6 Å². The second-order valence-electron chi connectivity index (χ2n) is 6.24. The Morgan fingerprint density at radius 2 is 1.53 bits per heavy atom. The van der Waals surface area contributed by atoms with Crippen LogP contribution in [0, 0.1) is 5.41 Å². The van der Waals surface area contributed by atoms with Crippen LogP contribution in [0.4, 0.5) is 0 Å². The lowest BCUT2D eigenvalue weighted by molar-refractivity contribution is -0.127. The van der Waals surface area contributed by atoms with E-state index in [1.54, 1.807) is 0 Å². The van der Waals surface area contributed by atoms with Gasteiger partial charge in [0.15, 0.2) is 0 Å². The first-order valence-electron chi connectivity index (χ1n) is 5.92. The molecule has 17 heavy (non-hydrogen) atoms. The van der Waals surface area contributed by atoms with E-state index in [0.717, 1.165) is 10.6 Å². The molecule has 1 rings (SSSR count). The van der Waals surface area contributed by atoms with E-state index in [2.05, 4.69) is 13.8 Å². The van der Waals surface area contributed by atoms with Crippen molar-refractivity contribution in [2.24, 2.45) is 5.41 Å². The van der Waals surface area contributed by atoms with Gasteiger partial charge in [-0.15, -0.1) is 0 Å². The lowest BCUT2D eigenvalue weighted by Gasteiger charge is -2.28. The molecule has 0 aromatic heterocycles. The minimum Gasteiger partial charge on any atom is -0.299 e. The van der Waals surface area contributed by atoms with Crippen LogP contribution in [-0.2, 0) is 10.2 Å². The molecule has 1 aromatic rings. The molecule has 0 bridgehead atoms. The van der Waals surface area contributed by atoms with Crippen LogP contribution < -0.4 is 0 Å². The number of rotatable bonds is 3. The Labute approximate surface area is 109 Å². The zero-order valence-electron chi connectivity index (χ0n) is 11.3. The highest BCUT2D eigenvalue weighted by molar-refractivity contribution is 6.30. The van der Waals surface area contributed by atoms with Crippen LogP contribution in [0.3, 0.4) is 0 Å². The largest absolute Gasteiger partial charge is 0.299 e. The summed E-state index contributed by atoms with van der Waals surface area (Å²) in [6, 6.07) is 7.75. The van der Waals surface area contributed by atoms with E-state index < -0.39 is 0 Å². The van der Waals surface area contributed by atoms with Crippen molar-refractivity contribution in [3.8, 4) is 0 Å². The summed E-state index contributed by atoms with van der Waals surface area (Å²) in [5, 5.41) is 0.728. The fraction of sp³-hybridized carbons (Fsp3) is 0.533. The summed E-state index contributed by atoms with van der Waals surface area (Å²) in [6.07, 6.45) is 0.554. The van der Waals surface area contributed by atoms with Crippen molar-refractivity contribution in [1.29, 1.82) is 0 Å². The number of hydrogen-bond donors (Lipinski definition) is 0. The molecule has 0 saturated heterocycles. The summed E-state index contributed by atoms with van der Waals surface area (Å²) in [4.78, 5) is 12.1. The lowest BCUT2D eigenvalue weighted by atomic mass is 9.75. The van der Waals surface area contributed by atoms with Crippen LogP contribution in [0.25, 0.3) is 0 Å². The summed E-state index contributed by atoms with van der Waals surface area (Å²) in [5.41, 5.74) is 0.734. The molecule has 0 heterocycles. The normalized spacial score (nSPS) is 12.6. The van der Waals surface area contributed by atoms with Crippen molar-refractivity contribution in [2.75, 3.05) is 0 Å². The van der Waals surface area contributed by atoms with Crippen LogP contribution in [0.15, 0.2) is 24.3 Å². The third-order valence-electron chi connectivity index (χ3n) is 3.06. The van der Waals surface area contributed by atoms with E-state index in [9.17, 15) is 4.79 Å². The second-order valence-corrected chi connectivity index (χ2v) is 6.68. The molecule has 1 aromatic carbocycles. The average molecular weight is 253 g/mol. The number of carbonyl (C=O) groups is 1. The first kappa shape index (κ1) is 14.2. The average Bonchev–Trinajstić information content (AvgIpc) is 2.16. The Bertz CT molecular complexity index is 396. The SMILES string of the molecule is CC(C)(C)C(=O)CC(C)(C)c1ccc(Cl)cc1. The van der Waals surface area contributed by atoms with Gasteiger partial charge >= 0.3 is 0 Å². The van der Waals surface area contributed by atoms with Crippen molar-refractivity contribution < 1.29 is 4.79 Å². The van der Waals surface area contributed by atoms with Gasteiger partial charge in [-0.05, 0) is 23.1 Å². The summed E-state index contributed by atoms with van der Waals surface area (Å²) in [6.45, 7) is 10.1. The van der Waals surface area contributed by atoms with E-state index in [-0.39, 0.29) is 16.6 Å². The minimum atomic E-state index is -0.274. The first-order valence-corrected chi connectivity index (χ1v) is 6.30. The molecule has 0 atom stereocenters. The summed E-state index contributed by atoms with van der Waals surface area (Å²) in [5.74, 6) is 0.289. The molecular formula is C15H21ClO. The molecule has 0 N–H and O–H groups in total. The molecular weight excluding hydrogens is 232 g/mol. The maximum atomic E-state index is 12.1. The molecule has 0 saturated carbocycles. The molecule has 1 nitrogen and oxygen atoms in total. The number of hydrogen-bond acceptors (Lipinski definition) is 1. The fourth-order valence-electron chi connectivity index (χ4n) is 1.67. The fourth-order valence-corrected chi connectivity index (χ4v) is 1.80. The Kier molecular flexibility index (Phi) is 4.03. The van der Waals surface area contributed by atoms with E-state index in [1.165, 1.54) is 0 Å². The van der Waals surface area contributed by atoms with Gasteiger partial charge in [0.25, 0.3) is 0 Å². The molecule has 2 heteroatoms. The molecule has 0 aliphatic rings. The second kappa shape index (κ2) is 4.81. The number of Topliss-reactive ketones (excluding diaryl/α,β-unsaturated/α-hetero) is 1. The van der Waals surface area contributed by atoms with Gasteiger partial charge in [-0.3, -0.25) is 4.79 Å². The molecule has 0 aliphatic carbocycles. The molecule has 0 amide bonds. The standard InChI is InChI=1S/C15H21ClO/c1-14(2,3)13(17)10-15(4,5)11-6-8-12(16)9-7-11/h6-9H,10H2,1-5H3. The van der Waals surface area contributed by atoms with Gasteiger partial charge in [-0.25, -0.2) is 0 Å². The topological polar surface area (TPSA) is 17.1 Å². The van der Waals surface area contributed by atoms with Crippen LogP contribution in [0.1, 0.15) is 46.6 Å². The number of ketones is 1. The predicted octanol–water partition coefficient (Wildman–Crippen LogP) is 4.62. The maximum Gasteiger partial charge on any atom is 0.139 e. The van der Waals surface area contributed by atoms with Gasteiger partial charge in [0, 0.05) is 16.9 Å². The third kappa shape index (κ3) is 3.85. The summed E-state index contributed by atoms with van der Waals surface area (Å²) in [7, 11) is 0. The van der Waals surface area contributed by atoms with E-state index in [1.807, 2.05) is 45.0 Å². The number of benzene rings is 1. The lowest BCUT2D eigenvalue weighted by Crippen LogP contribution is -2.29. The molecule has 0 unspecified atom stereocenters. The number of carbonyl (C=O) groups excluding carboxylic acids is 1. The van der Waals surface area contributed by atoms with E-state index >= 15 is 0 Å². The molecule has 0 aliphatic heterocycles. The van der Waals surface area contributed by atoms with Gasteiger partial charge in [0.2, 0.25) is 0 Å². The highest BCUT2D eigenvalue weighted by Crippen LogP contribution is 2.31. The Hall–Kier alpha value is -0.820. The minimum absolute atomic E-state index is 0.144. The Morgan fingerprint density at radius 3 is 1.94 bits per heavy atom. The van der Waals surface area contributed by atoms with Gasteiger partial charge in [-0.1, -0.05) is 58.4 Å². The zero-order valence-corrected chi connectivity index (χ0v) is 12.1. The van der Waals surface area contributed by atoms with Gasteiger partial charge in [0.1, 0.15) is 5.78 Å². The van der Waals surface area contributed by atoms with Gasteiger partial charge in [0.05, 0.1) is 0 Å². The van der Waals surface area contributed by atoms with Crippen molar-refractivity contribution in [1.82, 2.24) is 0 Å². The molecule has 0 radical (unpaired) electrons. The quantitative estimate of drug-likeness (QED) is 0.767. The first-order chi connectivity index (χ1) is 7.63. The maximum absolute atomic E-state index is 12.1. The van der Waals surface area contributed by atoms with Crippen LogP contribution in [-0.4, -0.2) is 5.78 Å². The van der Waals surface area contributed by atoms with E-state index in [0.29, 0.717) is 6.42 Å². The number of halogens is 1. The molecule has 0 fully saturated rings. The zero-order chi connectivity index (χ0) is 13.3. The van der Waals surface area contributed by atoms with Crippen LogP contribution in [0.5, 0.6) is 0 Å². The summed E-state index contributed by atoms with van der Waals surface area (Å²) >= 11 is 5.87. The Morgan fingerprint density at radius 1 is 1.06 bits per heavy atom. The van der Waals surface area contributed by atoms with Crippen molar-refractivity contribution >= 4 is 17.4 Å². The van der Waals surface area contributed by atoms with E-state index in [4.69, 9.17) is 11.6 Å². The van der Waals surface area contributed by atoms with Gasteiger partial charge in [-0.2, -0.15) is 0 Å². The van der Waals surface area contributed by atoms with Crippen molar-refractivity contribution in [2.45, 2.75) is 46.5 Å². The van der Waals surface area contributed by atoms with Crippen LogP contribution in [0.2, 0.25) is 5.02 Å².